The molecular weight excluding hydrogens is 446 g/mol. The third-order valence-corrected chi connectivity index (χ3v) is 4.85. The third-order valence-electron chi connectivity index (χ3n) is 4.63. The van der Waals surface area contributed by atoms with Gasteiger partial charge in [0.15, 0.2) is 17.5 Å². The van der Waals surface area contributed by atoms with Gasteiger partial charge in [0.2, 0.25) is 11.8 Å². The van der Waals surface area contributed by atoms with Gasteiger partial charge >= 0.3 is 0 Å². The van der Waals surface area contributed by atoms with Gasteiger partial charge in [0, 0.05) is 12.7 Å². The van der Waals surface area contributed by atoms with Gasteiger partial charge in [-0.05, 0) is 41.7 Å². The highest BCUT2D eigenvalue weighted by atomic mass is 35.5. The average Bonchev–Trinajstić information content (AvgIpc) is 2.77. The average molecular weight is 476 g/mol. The van der Waals surface area contributed by atoms with Crippen molar-refractivity contribution < 1.29 is 19.1 Å². The number of methoxy groups -OCH3 is 2. The lowest BCUT2D eigenvalue weighted by Crippen LogP contribution is -2.41. The minimum Gasteiger partial charge on any atom is -0.493 e. The van der Waals surface area contributed by atoms with Crippen LogP contribution in [0.3, 0.4) is 0 Å². The maximum absolute atomic E-state index is 12.7. The molecule has 10 heteroatoms. The van der Waals surface area contributed by atoms with E-state index in [2.05, 4.69) is 20.6 Å². The van der Waals surface area contributed by atoms with Crippen molar-refractivity contribution in [3.63, 3.8) is 0 Å². The zero-order valence-electron chi connectivity index (χ0n) is 19.2. The molecule has 2 rings (SSSR count). The number of guanidine groups is 1. The molecule has 1 aromatic heterocycles. The first-order valence-electron chi connectivity index (χ1n) is 10.4. The van der Waals surface area contributed by atoms with Crippen molar-refractivity contribution in [2.45, 2.75) is 39.3 Å². The number of rotatable bonds is 10. The zero-order chi connectivity index (χ0) is 24.4. The van der Waals surface area contributed by atoms with Crippen molar-refractivity contribution in [2.24, 2.45) is 16.6 Å². The smallest absolute Gasteiger partial charge is 0.245 e. The summed E-state index contributed by atoms with van der Waals surface area (Å²) < 4.78 is 10.5. The van der Waals surface area contributed by atoms with Gasteiger partial charge < -0.3 is 20.5 Å². The van der Waals surface area contributed by atoms with Crippen LogP contribution in [0.25, 0.3) is 0 Å². The number of carbonyl (C=O) groups is 2. The maximum Gasteiger partial charge on any atom is 0.245 e. The van der Waals surface area contributed by atoms with Crippen LogP contribution in [0, 0.1) is 5.92 Å². The number of carbonyl (C=O) groups excluding carboxylic acids is 2. The number of nitrogens with one attached hydrogen (secondary N) is 2. The topological polar surface area (TPSA) is 128 Å². The fourth-order valence-corrected chi connectivity index (χ4v) is 3.16. The summed E-state index contributed by atoms with van der Waals surface area (Å²) in [5.74, 6) is 0.509. The lowest BCUT2D eigenvalue weighted by molar-refractivity contribution is -0.123. The Hall–Kier alpha value is -3.33. The third kappa shape index (κ3) is 8.61. The molecule has 1 aromatic carbocycles. The van der Waals surface area contributed by atoms with Crippen molar-refractivity contribution in [1.29, 1.82) is 0 Å². The maximum atomic E-state index is 12.7. The number of amides is 2. The molecule has 0 aliphatic carbocycles. The Kier molecular flexibility index (Phi) is 9.93. The highest BCUT2D eigenvalue weighted by Gasteiger charge is 2.20. The van der Waals surface area contributed by atoms with Crippen LogP contribution < -0.4 is 25.8 Å². The number of aromatic nitrogens is 1. The summed E-state index contributed by atoms with van der Waals surface area (Å²) in [7, 11) is 3.06. The Morgan fingerprint density at radius 3 is 2.42 bits per heavy atom. The summed E-state index contributed by atoms with van der Waals surface area (Å²) in [6, 6.07) is 7.88. The second kappa shape index (κ2) is 12.6. The minimum atomic E-state index is -0.744. The largest absolute Gasteiger partial charge is 0.493 e. The molecule has 0 saturated heterocycles. The van der Waals surface area contributed by atoms with Crippen molar-refractivity contribution in [3.8, 4) is 11.5 Å². The number of hydrogen-bond donors (Lipinski definition) is 3. The molecule has 0 unspecified atom stereocenters. The van der Waals surface area contributed by atoms with E-state index in [9.17, 15) is 9.59 Å². The minimum absolute atomic E-state index is 0.0567. The first kappa shape index (κ1) is 25.9. The van der Waals surface area contributed by atoms with E-state index in [1.165, 1.54) is 14.2 Å². The van der Waals surface area contributed by atoms with Crippen molar-refractivity contribution in [2.75, 3.05) is 14.2 Å². The van der Waals surface area contributed by atoms with E-state index in [4.69, 9.17) is 26.8 Å². The predicted molar refractivity (Wildman–Crippen MR) is 127 cm³/mol. The van der Waals surface area contributed by atoms with Crippen LogP contribution in [0.4, 0.5) is 0 Å². The monoisotopic (exact) mass is 475 g/mol. The lowest BCUT2D eigenvalue weighted by Gasteiger charge is -2.16. The second-order valence-corrected chi connectivity index (χ2v) is 8.17. The van der Waals surface area contributed by atoms with E-state index >= 15 is 0 Å². The Bertz CT molecular complexity index is 979. The molecule has 1 heterocycles. The summed E-state index contributed by atoms with van der Waals surface area (Å²) >= 11 is 5.78. The second-order valence-electron chi connectivity index (χ2n) is 7.78. The number of pyridine rings is 1. The summed E-state index contributed by atoms with van der Waals surface area (Å²) in [5.41, 5.74) is 7.45. The molecule has 2 amide bonds. The SMILES string of the molecule is COc1ccc(CC(=O)NC(N)=N[C@H](CC(C)C)C(=O)NCc2ccc(Cl)nc2)cc1OC. The van der Waals surface area contributed by atoms with E-state index in [1.54, 1.807) is 36.5 Å². The van der Waals surface area contributed by atoms with Gasteiger partial charge in [0.25, 0.3) is 0 Å². The molecule has 33 heavy (non-hydrogen) atoms. The Balaban J connectivity index is 2.00. The van der Waals surface area contributed by atoms with Gasteiger partial charge in [-0.1, -0.05) is 37.6 Å². The lowest BCUT2D eigenvalue weighted by atomic mass is 10.0. The summed E-state index contributed by atoms with van der Waals surface area (Å²) in [4.78, 5) is 33.4. The Labute approximate surface area is 198 Å². The highest BCUT2D eigenvalue weighted by Crippen LogP contribution is 2.27. The highest BCUT2D eigenvalue weighted by molar-refractivity contribution is 6.29. The zero-order valence-corrected chi connectivity index (χ0v) is 20.0. The van der Waals surface area contributed by atoms with Gasteiger partial charge in [-0.2, -0.15) is 0 Å². The quantitative estimate of drug-likeness (QED) is 0.275. The van der Waals surface area contributed by atoms with Crippen molar-refractivity contribution in [3.05, 3.63) is 52.8 Å². The fourth-order valence-electron chi connectivity index (χ4n) is 3.05. The van der Waals surface area contributed by atoms with Crippen LogP contribution in [-0.2, 0) is 22.6 Å². The number of aliphatic imine (C=N–C) groups is 1. The number of nitrogens with zero attached hydrogens (tertiary/aromatic N) is 2. The van der Waals surface area contributed by atoms with Crippen LogP contribution in [0.2, 0.25) is 5.15 Å². The number of hydrogen-bond acceptors (Lipinski definition) is 6. The van der Waals surface area contributed by atoms with Crippen molar-refractivity contribution in [1.82, 2.24) is 15.6 Å². The molecule has 0 aliphatic rings. The Morgan fingerprint density at radius 2 is 1.82 bits per heavy atom. The summed E-state index contributed by atoms with van der Waals surface area (Å²) in [6.07, 6.45) is 2.12. The molecular formula is C23H30ClN5O4. The van der Waals surface area contributed by atoms with E-state index in [0.29, 0.717) is 28.6 Å². The van der Waals surface area contributed by atoms with Crippen LogP contribution in [0.1, 0.15) is 31.4 Å². The number of benzene rings is 1. The molecule has 4 N–H and O–H groups in total. The van der Waals surface area contributed by atoms with Gasteiger partial charge in [-0.3, -0.25) is 14.9 Å². The molecule has 0 bridgehead atoms. The molecule has 1 atom stereocenters. The predicted octanol–water partition coefficient (Wildman–Crippen LogP) is 2.46. The number of ether oxygens (including phenoxy) is 2. The first-order valence-corrected chi connectivity index (χ1v) is 10.8. The molecule has 0 spiro atoms. The standard InChI is InChI=1S/C23H30ClN5O4/c1-14(2)9-17(22(31)27-13-16-6-8-20(24)26-12-16)28-23(25)29-21(30)11-15-5-7-18(32-3)19(10-15)33-4/h5-8,10,12,14,17H,9,11,13H2,1-4H3,(H,27,31)(H3,25,28,29,30)/t17-/m1/s1. The first-order chi connectivity index (χ1) is 15.7. The molecule has 0 aliphatic heterocycles. The molecule has 0 radical (unpaired) electrons. The Morgan fingerprint density at radius 1 is 1.12 bits per heavy atom. The van der Waals surface area contributed by atoms with Crippen LogP contribution in [0.5, 0.6) is 11.5 Å². The molecule has 9 nitrogen and oxygen atoms in total. The molecule has 178 valence electrons. The molecule has 0 fully saturated rings. The van der Waals surface area contributed by atoms with Crippen molar-refractivity contribution >= 4 is 29.4 Å². The van der Waals surface area contributed by atoms with E-state index in [1.807, 2.05) is 13.8 Å². The fraction of sp³-hybridized carbons (Fsp3) is 0.391. The number of nitrogens with two attached hydrogens (primary N) is 1. The van der Waals surface area contributed by atoms with E-state index < -0.39 is 6.04 Å². The van der Waals surface area contributed by atoms with Gasteiger partial charge in [0.05, 0.1) is 20.6 Å². The van der Waals surface area contributed by atoms with Gasteiger partial charge in [0.1, 0.15) is 11.2 Å². The van der Waals surface area contributed by atoms with E-state index in [0.717, 1.165) is 5.56 Å². The van der Waals surface area contributed by atoms with Crippen LogP contribution in [-0.4, -0.2) is 43.0 Å². The number of halogens is 1. The summed E-state index contributed by atoms with van der Waals surface area (Å²) in [5, 5.41) is 5.75. The van der Waals surface area contributed by atoms with Gasteiger partial charge in [-0.15, -0.1) is 0 Å². The molecule has 0 saturated carbocycles. The molecule has 2 aromatic rings. The van der Waals surface area contributed by atoms with Crippen LogP contribution in [0.15, 0.2) is 41.5 Å². The van der Waals surface area contributed by atoms with E-state index in [-0.39, 0.29) is 36.7 Å². The van der Waals surface area contributed by atoms with Crippen LogP contribution >= 0.6 is 11.6 Å². The van der Waals surface area contributed by atoms with Gasteiger partial charge in [-0.25, -0.2) is 9.98 Å². The normalized spacial score (nSPS) is 12.2. The summed E-state index contributed by atoms with van der Waals surface area (Å²) in [6.45, 7) is 4.23.